The number of carbonyl (C=O) groups excluding carboxylic acids is 3. The molecule has 0 aliphatic rings. The van der Waals surface area contributed by atoms with Crippen molar-refractivity contribution in [2.24, 2.45) is 0 Å². The summed E-state index contributed by atoms with van der Waals surface area (Å²) in [6.07, 6.45) is -4.93. The largest absolute Gasteiger partial charge is 0.471 e. The third-order valence-electron chi connectivity index (χ3n) is 3.88. The van der Waals surface area contributed by atoms with Crippen molar-refractivity contribution < 1.29 is 27.6 Å². The number of amides is 2. The molecular formula is C20H19F3N2O3. The van der Waals surface area contributed by atoms with E-state index in [1.165, 1.54) is 18.2 Å². The van der Waals surface area contributed by atoms with Crippen molar-refractivity contribution in [3.8, 4) is 0 Å². The number of ketones is 1. The van der Waals surface area contributed by atoms with E-state index < -0.39 is 12.1 Å². The highest BCUT2D eigenvalue weighted by atomic mass is 19.4. The Morgan fingerprint density at radius 3 is 2.29 bits per heavy atom. The summed E-state index contributed by atoms with van der Waals surface area (Å²) >= 11 is 0. The van der Waals surface area contributed by atoms with E-state index in [2.05, 4.69) is 5.32 Å². The van der Waals surface area contributed by atoms with Crippen molar-refractivity contribution in [2.45, 2.75) is 32.5 Å². The van der Waals surface area contributed by atoms with Crippen molar-refractivity contribution in [1.29, 1.82) is 0 Å². The lowest BCUT2D eigenvalue weighted by Gasteiger charge is -2.10. The maximum Gasteiger partial charge on any atom is 0.471 e. The minimum atomic E-state index is -4.98. The number of rotatable bonds is 7. The van der Waals surface area contributed by atoms with Crippen LogP contribution in [-0.4, -0.2) is 23.8 Å². The summed E-state index contributed by atoms with van der Waals surface area (Å²) in [5, 5.41) is 4.35. The molecular weight excluding hydrogens is 373 g/mol. The Morgan fingerprint density at radius 2 is 1.64 bits per heavy atom. The highest BCUT2D eigenvalue weighted by Crippen LogP contribution is 2.19. The van der Waals surface area contributed by atoms with Gasteiger partial charge in [-0.05, 0) is 24.6 Å². The Bertz CT molecular complexity index is 862. The zero-order valence-electron chi connectivity index (χ0n) is 15.1. The molecule has 0 spiro atoms. The van der Waals surface area contributed by atoms with Crippen LogP contribution in [0.4, 0.5) is 18.9 Å². The molecule has 8 heteroatoms. The molecule has 0 fully saturated rings. The number of alkyl halides is 3. The van der Waals surface area contributed by atoms with Crippen LogP contribution in [0.2, 0.25) is 0 Å². The quantitative estimate of drug-likeness (QED) is 0.705. The molecule has 0 aliphatic heterocycles. The summed E-state index contributed by atoms with van der Waals surface area (Å²) in [7, 11) is 0. The van der Waals surface area contributed by atoms with E-state index in [0.717, 1.165) is 5.56 Å². The van der Waals surface area contributed by atoms with Crippen molar-refractivity contribution in [3.63, 3.8) is 0 Å². The van der Waals surface area contributed by atoms with Gasteiger partial charge in [0.2, 0.25) is 5.91 Å². The molecule has 0 heterocycles. The number of hydrogen-bond donors (Lipinski definition) is 2. The Hall–Kier alpha value is -3.16. The Labute approximate surface area is 159 Å². The topological polar surface area (TPSA) is 75.3 Å². The van der Waals surface area contributed by atoms with Crippen LogP contribution in [-0.2, 0) is 16.1 Å². The zero-order chi connectivity index (χ0) is 20.7. The first-order valence-electron chi connectivity index (χ1n) is 8.49. The molecule has 5 nitrogen and oxygen atoms in total. The fraction of sp³-hybridized carbons (Fsp3) is 0.250. The van der Waals surface area contributed by atoms with Crippen LogP contribution in [0.25, 0.3) is 0 Å². The van der Waals surface area contributed by atoms with Crippen LogP contribution < -0.4 is 10.6 Å². The fourth-order valence-electron chi connectivity index (χ4n) is 2.36. The molecule has 0 aromatic heterocycles. The van der Waals surface area contributed by atoms with Crippen LogP contribution in [0.1, 0.15) is 34.3 Å². The highest BCUT2D eigenvalue weighted by molar-refractivity contribution is 5.98. The predicted molar refractivity (Wildman–Crippen MR) is 97.7 cm³/mol. The van der Waals surface area contributed by atoms with Crippen LogP contribution in [0.3, 0.4) is 0 Å². The lowest BCUT2D eigenvalue weighted by Crippen LogP contribution is -2.30. The zero-order valence-corrected chi connectivity index (χ0v) is 15.1. The SMILES string of the molecule is Cc1ccc(C(=O)CCC(=O)NCc2cccc(NC(=O)C(F)(F)F)c2)cc1. The summed E-state index contributed by atoms with van der Waals surface area (Å²) in [6, 6.07) is 12.8. The molecule has 0 radical (unpaired) electrons. The number of halogens is 3. The van der Waals surface area contributed by atoms with E-state index in [1.807, 2.05) is 19.1 Å². The number of anilines is 1. The van der Waals surface area contributed by atoms with Gasteiger partial charge in [-0.1, -0.05) is 42.0 Å². The van der Waals surface area contributed by atoms with Gasteiger partial charge in [-0.3, -0.25) is 14.4 Å². The number of nitrogens with one attached hydrogen (secondary N) is 2. The molecule has 2 amide bonds. The molecule has 2 aromatic carbocycles. The molecule has 2 aromatic rings. The van der Waals surface area contributed by atoms with Gasteiger partial charge in [0, 0.05) is 30.6 Å². The average Bonchev–Trinajstić information content (AvgIpc) is 2.64. The monoisotopic (exact) mass is 392 g/mol. The lowest BCUT2D eigenvalue weighted by molar-refractivity contribution is -0.167. The Morgan fingerprint density at radius 1 is 0.964 bits per heavy atom. The number of carbonyl (C=O) groups is 3. The van der Waals surface area contributed by atoms with E-state index in [9.17, 15) is 27.6 Å². The van der Waals surface area contributed by atoms with Crippen LogP contribution >= 0.6 is 0 Å². The van der Waals surface area contributed by atoms with Crippen molar-refractivity contribution in [2.75, 3.05) is 5.32 Å². The molecule has 0 saturated heterocycles. The fourth-order valence-corrected chi connectivity index (χ4v) is 2.36. The van der Waals surface area contributed by atoms with Crippen LogP contribution in [0.5, 0.6) is 0 Å². The predicted octanol–water partition coefficient (Wildman–Crippen LogP) is 3.78. The minimum absolute atomic E-state index is 0.00277. The van der Waals surface area contributed by atoms with Gasteiger partial charge in [-0.2, -0.15) is 13.2 Å². The molecule has 0 saturated carbocycles. The number of Topliss-reactive ketones (excluding diaryl/α,β-unsaturated/α-hetero) is 1. The third-order valence-corrected chi connectivity index (χ3v) is 3.88. The standard InChI is InChI=1S/C20H19F3N2O3/c1-13-5-7-15(8-6-13)17(26)9-10-18(27)24-12-14-3-2-4-16(11-14)25-19(28)20(21,22)23/h2-8,11H,9-10,12H2,1H3,(H,24,27)(H,25,28). The van der Waals surface area contributed by atoms with Gasteiger partial charge >= 0.3 is 12.1 Å². The average molecular weight is 392 g/mol. The lowest BCUT2D eigenvalue weighted by atomic mass is 10.0. The molecule has 0 bridgehead atoms. The van der Waals surface area contributed by atoms with Gasteiger partial charge in [-0.25, -0.2) is 0 Å². The molecule has 2 N–H and O–H groups in total. The van der Waals surface area contributed by atoms with Crippen molar-refractivity contribution >= 4 is 23.3 Å². The summed E-state index contributed by atoms with van der Waals surface area (Å²) in [5.41, 5.74) is 2.05. The van der Waals surface area contributed by atoms with E-state index in [0.29, 0.717) is 11.1 Å². The number of benzene rings is 2. The van der Waals surface area contributed by atoms with Gasteiger partial charge in [0.25, 0.3) is 0 Å². The normalized spacial score (nSPS) is 11.0. The van der Waals surface area contributed by atoms with Crippen molar-refractivity contribution in [3.05, 3.63) is 65.2 Å². The van der Waals surface area contributed by atoms with Crippen molar-refractivity contribution in [1.82, 2.24) is 5.32 Å². The molecule has 28 heavy (non-hydrogen) atoms. The Balaban J connectivity index is 1.82. The van der Waals surface area contributed by atoms with Gasteiger partial charge in [-0.15, -0.1) is 0 Å². The first-order valence-corrected chi connectivity index (χ1v) is 8.49. The second-order valence-corrected chi connectivity index (χ2v) is 6.22. The first kappa shape index (κ1) is 21.1. The maximum absolute atomic E-state index is 12.3. The van der Waals surface area contributed by atoms with Crippen LogP contribution in [0, 0.1) is 6.92 Å². The van der Waals surface area contributed by atoms with E-state index >= 15 is 0 Å². The molecule has 0 atom stereocenters. The number of aryl methyl sites for hydroxylation is 1. The van der Waals surface area contributed by atoms with Crippen LogP contribution in [0.15, 0.2) is 48.5 Å². The Kier molecular flexibility index (Phi) is 6.92. The smallest absolute Gasteiger partial charge is 0.352 e. The maximum atomic E-state index is 12.3. The molecule has 2 rings (SSSR count). The van der Waals surface area contributed by atoms with Gasteiger partial charge in [0.15, 0.2) is 5.78 Å². The van der Waals surface area contributed by atoms with Gasteiger partial charge in [0.1, 0.15) is 0 Å². The number of hydrogen-bond acceptors (Lipinski definition) is 3. The highest BCUT2D eigenvalue weighted by Gasteiger charge is 2.38. The first-order chi connectivity index (χ1) is 13.1. The summed E-state index contributed by atoms with van der Waals surface area (Å²) in [4.78, 5) is 34.9. The second kappa shape index (κ2) is 9.16. The summed E-state index contributed by atoms with van der Waals surface area (Å²) in [6.45, 7) is 1.97. The van der Waals surface area contributed by atoms with E-state index in [1.54, 1.807) is 23.5 Å². The summed E-state index contributed by atoms with van der Waals surface area (Å²) in [5.74, 6) is -2.57. The van der Waals surface area contributed by atoms with Gasteiger partial charge < -0.3 is 10.6 Å². The summed E-state index contributed by atoms with van der Waals surface area (Å²) < 4.78 is 36.9. The molecule has 0 unspecified atom stereocenters. The van der Waals surface area contributed by atoms with Gasteiger partial charge in [0.05, 0.1) is 0 Å². The van der Waals surface area contributed by atoms with E-state index in [-0.39, 0.29) is 36.8 Å². The minimum Gasteiger partial charge on any atom is -0.352 e. The molecule has 0 aliphatic carbocycles. The van der Waals surface area contributed by atoms with E-state index in [4.69, 9.17) is 0 Å². The second-order valence-electron chi connectivity index (χ2n) is 6.22. The molecule has 148 valence electrons. The third kappa shape index (κ3) is 6.53.